The maximum atomic E-state index is 10.5. The van der Waals surface area contributed by atoms with Crippen LogP contribution in [0, 0.1) is 22.8 Å². The lowest BCUT2D eigenvalue weighted by Crippen LogP contribution is -2.54. The van der Waals surface area contributed by atoms with Crippen LogP contribution in [-0.2, 0) is 0 Å². The molecule has 108 valence electrons. The van der Waals surface area contributed by atoms with Crippen molar-refractivity contribution in [1.29, 1.82) is 10.5 Å². The molecule has 7 heteroatoms. The maximum absolute atomic E-state index is 10.5. The Morgan fingerprint density at radius 1 is 1.48 bits per heavy atom. The van der Waals surface area contributed by atoms with E-state index in [1.54, 1.807) is 38.2 Å². The van der Waals surface area contributed by atoms with Crippen molar-refractivity contribution in [2.24, 2.45) is 10.7 Å². The second kappa shape index (κ2) is 5.31. The van der Waals surface area contributed by atoms with E-state index in [-0.39, 0.29) is 5.96 Å². The van der Waals surface area contributed by atoms with Crippen LogP contribution in [0.25, 0.3) is 0 Å². The number of aliphatic hydroxyl groups is 1. The molecule has 0 aliphatic carbocycles. The van der Waals surface area contributed by atoms with Gasteiger partial charge in [-0.2, -0.15) is 10.5 Å². The number of aliphatic hydroxyl groups excluding tert-OH is 1. The number of benzene rings is 1. The molecule has 0 unspecified atom stereocenters. The Bertz CT molecular complexity index is 669. The van der Waals surface area contributed by atoms with Gasteiger partial charge in [-0.3, -0.25) is 0 Å². The van der Waals surface area contributed by atoms with Crippen molar-refractivity contribution in [1.82, 2.24) is 5.32 Å². The summed E-state index contributed by atoms with van der Waals surface area (Å²) in [5, 5.41) is 30.8. The molecule has 1 aromatic carbocycles. The van der Waals surface area contributed by atoms with Crippen LogP contribution in [0.5, 0.6) is 5.75 Å². The van der Waals surface area contributed by atoms with Gasteiger partial charge in [-0.15, -0.1) is 4.99 Å². The van der Waals surface area contributed by atoms with Gasteiger partial charge < -0.3 is 20.9 Å². The number of aliphatic imine (C=N–C) groups is 1. The summed E-state index contributed by atoms with van der Waals surface area (Å²) in [6, 6.07) is 6.33. The van der Waals surface area contributed by atoms with Crippen molar-refractivity contribution >= 4 is 5.96 Å². The Balaban J connectivity index is 2.49. The summed E-state index contributed by atoms with van der Waals surface area (Å²) in [4.78, 5) is 3.39. The summed E-state index contributed by atoms with van der Waals surface area (Å²) in [6.07, 6.45) is 0.636. The zero-order valence-corrected chi connectivity index (χ0v) is 11.7. The Morgan fingerprint density at radius 2 is 2.19 bits per heavy atom. The normalized spacial score (nSPS) is 23.2. The van der Waals surface area contributed by atoms with E-state index in [2.05, 4.69) is 10.3 Å². The van der Waals surface area contributed by atoms with E-state index < -0.39 is 17.7 Å². The predicted octanol–water partition coefficient (Wildman–Crippen LogP) is 0.517. The van der Waals surface area contributed by atoms with E-state index >= 15 is 0 Å². The fraction of sp³-hybridized carbons (Fsp3) is 0.357. The first-order chi connectivity index (χ1) is 9.89. The lowest BCUT2D eigenvalue weighted by atomic mass is 9.86. The van der Waals surface area contributed by atoms with Crippen LogP contribution in [0.3, 0.4) is 0 Å². The molecule has 1 aromatic rings. The minimum absolute atomic E-state index is 0.104. The molecule has 7 nitrogen and oxygen atoms in total. The third kappa shape index (κ3) is 2.73. The summed E-state index contributed by atoms with van der Waals surface area (Å²) >= 11 is 0. The van der Waals surface area contributed by atoms with Crippen LogP contribution in [-0.4, -0.2) is 22.8 Å². The molecule has 0 radical (unpaired) electrons. The molecular weight excluding hydrogens is 270 g/mol. The summed E-state index contributed by atoms with van der Waals surface area (Å²) in [5.41, 5.74) is 5.77. The fourth-order valence-electron chi connectivity index (χ4n) is 2.27. The number of nitrogens with zero attached hydrogens (tertiary/aromatic N) is 3. The Hall–Kier alpha value is -2.77. The summed E-state index contributed by atoms with van der Waals surface area (Å²) < 4.78 is 5.76. The largest absolute Gasteiger partial charge is 0.485 e. The monoisotopic (exact) mass is 285 g/mol. The zero-order valence-electron chi connectivity index (χ0n) is 11.7. The average Bonchev–Trinajstić information content (AvgIpc) is 2.43. The minimum atomic E-state index is -0.939. The van der Waals surface area contributed by atoms with Gasteiger partial charge in [0, 0.05) is 5.56 Å². The first-order valence-corrected chi connectivity index (χ1v) is 6.29. The first-order valence-electron chi connectivity index (χ1n) is 6.29. The van der Waals surface area contributed by atoms with Crippen molar-refractivity contribution in [2.45, 2.75) is 31.6 Å². The molecule has 4 N–H and O–H groups in total. The Labute approximate surface area is 122 Å². The van der Waals surface area contributed by atoms with Crippen LogP contribution >= 0.6 is 0 Å². The second-order valence-corrected chi connectivity index (χ2v) is 5.23. The topological polar surface area (TPSA) is 127 Å². The van der Waals surface area contributed by atoms with Gasteiger partial charge in [-0.1, -0.05) is 0 Å². The fourth-order valence-corrected chi connectivity index (χ4v) is 2.27. The lowest BCUT2D eigenvalue weighted by molar-refractivity contribution is -0.0611. The molecule has 0 aromatic heterocycles. The second-order valence-electron chi connectivity index (χ2n) is 5.23. The first kappa shape index (κ1) is 14.6. The molecule has 2 atom stereocenters. The SMILES string of the molecule is CC1(C)Oc2ccc(C#N)cc2[C@@H](NC(N)=NC#N)[C@@H]1O. The molecule has 0 amide bonds. The van der Waals surface area contributed by atoms with Crippen molar-refractivity contribution in [3.8, 4) is 18.0 Å². The average molecular weight is 285 g/mol. The van der Waals surface area contributed by atoms with Crippen LogP contribution in [0.15, 0.2) is 23.2 Å². The highest BCUT2D eigenvalue weighted by Crippen LogP contribution is 2.40. The van der Waals surface area contributed by atoms with Crippen LogP contribution in [0.1, 0.15) is 31.0 Å². The van der Waals surface area contributed by atoms with Gasteiger partial charge in [0.05, 0.1) is 17.7 Å². The molecule has 1 aliphatic heterocycles. The molecule has 2 rings (SSSR count). The molecular formula is C14H15N5O2. The van der Waals surface area contributed by atoms with Crippen molar-refractivity contribution in [3.63, 3.8) is 0 Å². The minimum Gasteiger partial charge on any atom is -0.485 e. The van der Waals surface area contributed by atoms with Crippen LogP contribution < -0.4 is 15.8 Å². The number of hydrogen-bond acceptors (Lipinski definition) is 5. The van der Waals surface area contributed by atoms with Gasteiger partial charge in [0.25, 0.3) is 0 Å². The number of nitrogens with two attached hydrogens (primary N) is 1. The van der Waals surface area contributed by atoms with E-state index in [9.17, 15) is 5.11 Å². The highest BCUT2D eigenvalue weighted by molar-refractivity contribution is 5.79. The quantitative estimate of drug-likeness (QED) is 0.392. The van der Waals surface area contributed by atoms with Gasteiger partial charge in [0.15, 0.2) is 0 Å². The molecule has 0 bridgehead atoms. The van der Waals surface area contributed by atoms with Gasteiger partial charge in [0.1, 0.15) is 17.5 Å². The number of guanidine groups is 1. The summed E-state index contributed by atoms with van der Waals surface area (Å²) in [6.45, 7) is 3.48. The highest BCUT2D eigenvalue weighted by Gasteiger charge is 2.43. The predicted molar refractivity (Wildman–Crippen MR) is 75.0 cm³/mol. The number of ether oxygens (including phenoxy) is 1. The Kier molecular flexibility index (Phi) is 3.70. The standard InChI is InChI=1S/C14H15N5O2/c1-14(2)12(20)11(19-13(17)18-7-16)9-5-8(6-15)3-4-10(9)21-14/h3-5,11-12,20H,1-2H3,(H3,17,18,19)/t11-,12+/m1/s1. The van der Waals surface area contributed by atoms with Gasteiger partial charge >= 0.3 is 0 Å². The Morgan fingerprint density at radius 3 is 2.81 bits per heavy atom. The van der Waals surface area contributed by atoms with Crippen molar-refractivity contribution in [2.75, 3.05) is 0 Å². The number of rotatable bonds is 1. The lowest BCUT2D eigenvalue weighted by Gasteiger charge is -2.42. The molecule has 1 aliphatic rings. The third-order valence-corrected chi connectivity index (χ3v) is 3.35. The molecule has 0 spiro atoms. The van der Waals surface area contributed by atoms with E-state index in [0.29, 0.717) is 16.9 Å². The van der Waals surface area contributed by atoms with Crippen LogP contribution in [0.4, 0.5) is 0 Å². The molecule has 0 saturated heterocycles. The van der Waals surface area contributed by atoms with Crippen molar-refractivity contribution in [3.05, 3.63) is 29.3 Å². The number of fused-ring (bicyclic) bond motifs is 1. The highest BCUT2D eigenvalue weighted by atomic mass is 16.5. The van der Waals surface area contributed by atoms with Gasteiger partial charge in [0.2, 0.25) is 12.2 Å². The maximum Gasteiger partial charge on any atom is 0.209 e. The van der Waals surface area contributed by atoms with E-state index in [1.165, 1.54) is 0 Å². The molecule has 0 fully saturated rings. The molecule has 1 heterocycles. The smallest absolute Gasteiger partial charge is 0.209 e. The number of nitriles is 2. The van der Waals surface area contributed by atoms with Crippen molar-refractivity contribution < 1.29 is 9.84 Å². The number of hydrogen-bond donors (Lipinski definition) is 3. The summed E-state index contributed by atoms with van der Waals surface area (Å²) in [5.74, 6) is 0.444. The van der Waals surface area contributed by atoms with Crippen LogP contribution in [0.2, 0.25) is 0 Å². The van der Waals surface area contributed by atoms with E-state index in [1.807, 2.05) is 6.07 Å². The van der Waals surface area contributed by atoms with E-state index in [4.69, 9.17) is 21.0 Å². The number of nitrogens with one attached hydrogen (secondary N) is 1. The molecule has 21 heavy (non-hydrogen) atoms. The van der Waals surface area contributed by atoms with Gasteiger partial charge in [-0.05, 0) is 32.0 Å². The van der Waals surface area contributed by atoms with Gasteiger partial charge in [-0.25, -0.2) is 0 Å². The zero-order chi connectivity index (χ0) is 15.6. The third-order valence-electron chi connectivity index (χ3n) is 3.35. The summed E-state index contributed by atoms with van der Waals surface area (Å²) in [7, 11) is 0. The molecule has 0 saturated carbocycles. The van der Waals surface area contributed by atoms with E-state index in [0.717, 1.165) is 0 Å².